The maximum atomic E-state index is 13.3. The summed E-state index contributed by atoms with van der Waals surface area (Å²) in [5.74, 6) is -0.256. The van der Waals surface area contributed by atoms with E-state index in [4.69, 9.17) is 5.26 Å². The van der Waals surface area contributed by atoms with Crippen molar-refractivity contribution in [3.8, 4) is 6.07 Å². The first-order chi connectivity index (χ1) is 5.66. The maximum Gasteiger partial charge on any atom is 0.144 e. The fourth-order valence-corrected chi connectivity index (χ4v) is 1.08. The van der Waals surface area contributed by atoms with Crippen molar-refractivity contribution in [3.63, 3.8) is 0 Å². The van der Waals surface area contributed by atoms with Crippen molar-refractivity contribution in [2.75, 3.05) is 0 Å². The molecule has 0 spiro atoms. The Hall–Kier alpha value is -1.36. The van der Waals surface area contributed by atoms with Crippen LogP contribution in [0.4, 0.5) is 4.39 Å². The molecule has 0 unspecified atom stereocenters. The molecule has 0 bridgehead atoms. The molecular formula is C10H10FN. The SMILES string of the molecule is CC(C)c1cccc(C#N)c1F. The van der Waals surface area contributed by atoms with Crippen LogP contribution in [-0.2, 0) is 0 Å². The van der Waals surface area contributed by atoms with Gasteiger partial charge in [0.25, 0.3) is 0 Å². The van der Waals surface area contributed by atoms with Crippen LogP contribution >= 0.6 is 0 Å². The molecule has 0 aliphatic carbocycles. The van der Waals surface area contributed by atoms with Crippen LogP contribution in [0.25, 0.3) is 0 Å². The smallest absolute Gasteiger partial charge is 0.144 e. The van der Waals surface area contributed by atoms with Crippen LogP contribution in [-0.4, -0.2) is 0 Å². The first-order valence-electron chi connectivity index (χ1n) is 3.85. The van der Waals surface area contributed by atoms with E-state index in [-0.39, 0.29) is 17.3 Å². The molecule has 1 nitrogen and oxygen atoms in total. The molecule has 1 aromatic carbocycles. The van der Waals surface area contributed by atoms with Crippen LogP contribution in [0.15, 0.2) is 18.2 Å². The van der Waals surface area contributed by atoms with E-state index in [1.807, 2.05) is 19.9 Å². The zero-order valence-electron chi connectivity index (χ0n) is 7.13. The van der Waals surface area contributed by atoms with E-state index in [1.165, 1.54) is 6.07 Å². The summed E-state index contributed by atoms with van der Waals surface area (Å²) in [6, 6.07) is 6.72. The first kappa shape index (κ1) is 8.73. The van der Waals surface area contributed by atoms with Gasteiger partial charge in [0.2, 0.25) is 0 Å². The minimum absolute atomic E-state index is 0.123. The number of hydrogen-bond donors (Lipinski definition) is 0. The van der Waals surface area contributed by atoms with Crippen LogP contribution in [0.2, 0.25) is 0 Å². The highest BCUT2D eigenvalue weighted by Crippen LogP contribution is 2.20. The Bertz CT molecular complexity index is 323. The lowest BCUT2D eigenvalue weighted by Crippen LogP contribution is -1.95. The van der Waals surface area contributed by atoms with E-state index in [1.54, 1.807) is 12.1 Å². The molecule has 0 radical (unpaired) electrons. The van der Waals surface area contributed by atoms with E-state index in [0.717, 1.165) is 0 Å². The predicted molar refractivity (Wildman–Crippen MR) is 45.2 cm³/mol. The van der Waals surface area contributed by atoms with Gasteiger partial charge < -0.3 is 0 Å². The molecule has 0 heterocycles. The summed E-state index contributed by atoms with van der Waals surface area (Å²) < 4.78 is 13.3. The van der Waals surface area contributed by atoms with E-state index in [2.05, 4.69) is 0 Å². The molecule has 0 aliphatic rings. The minimum Gasteiger partial charge on any atom is -0.205 e. The second-order valence-electron chi connectivity index (χ2n) is 2.98. The Labute approximate surface area is 71.4 Å². The number of hydrogen-bond acceptors (Lipinski definition) is 1. The Balaban J connectivity index is 3.25. The van der Waals surface area contributed by atoms with Crippen molar-refractivity contribution in [1.82, 2.24) is 0 Å². The third-order valence-corrected chi connectivity index (χ3v) is 1.77. The molecule has 0 saturated heterocycles. The van der Waals surface area contributed by atoms with Gasteiger partial charge in [0.1, 0.15) is 11.9 Å². The van der Waals surface area contributed by atoms with Gasteiger partial charge >= 0.3 is 0 Å². The van der Waals surface area contributed by atoms with Gasteiger partial charge in [-0.15, -0.1) is 0 Å². The van der Waals surface area contributed by atoms with Gasteiger partial charge in [-0.05, 0) is 17.5 Å². The largest absolute Gasteiger partial charge is 0.205 e. The third kappa shape index (κ3) is 1.45. The van der Waals surface area contributed by atoms with E-state index in [9.17, 15) is 4.39 Å². The van der Waals surface area contributed by atoms with Gasteiger partial charge in [0, 0.05) is 0 Å². The molecule has 0 amide bonds. The fourth-order valence-electron chi connectivity index (χ4n) is 1.08. The van der Waals surface area contributed by atoms with Crippen LogP contribution in [0.1, 0.15) is 30.9 Å². The van der Waals surface area contributed by atoms with Gasteiger partial charge in [-0.3, -0.25) is 0 Å². The second kappa shape index (κ2) is 3.36. The molecule has 62 valence electrons. The quantitative estimate of drug-likeness (QED) is 0.624. The van der Waals surface area contributed by atoms with Gasteiger partial charge in [0.05, 0.1) is 5.56 Å². The molecule has 0 N–H and O–H groups in total. The Morgan fingerprint density at radius 1 is 1.42 bits per heavy atom. The number of benzene rings is 1. The highest BCUT2D eigenvalue weighted by Gasteiger charge is 2.09. The zero-order chi connectivity index (χ0) is 9.14. The lowest BCUT2D eigenvalue weighted by Gasteiger charge is -2.06. The summed E-state index contributed by atoms with van der Waals surface area (Å²) >= 11 is 0. The average Bonchev–Trinajstić information content (AvgIpc) is 2.04. The normalized spacial score (nSPS) is 9.92. The summed E-state index contributed by atoms with van der Waals surface area (Å²) in [5, 5.41) is 8.53. The monoisotopic (exact) mass is 163 g/mol. The number of rotatable bonds is 1. The average molecular weight is 163 g/mol. The predicted octanol–water partition coefficient (Wildman–Crippen LogP) is 2.82. The van der Waals surface area contributed by atoms with Crippen molar-refractivity contribution >= 4 is 0 Å². The number of halogens is 1. The standard InChI is InChI=1S/C10H10FN/c1-7(2)9-5-3-4-8(6-12)10(9)11/h3-5,7H,1-2H3. The number of nitriles is 1. The van der Waals surface area contributed by atoms with Crippen molar-refractivity contribution < 1.29 is 4.39 Å². The maximum absolute atomic E-state index is 13.3. The summed E-state index contributed by atoms with van der Waals surface area (Å²) in [7, 11) is 0. The van der Waals surface area contributed by atoms with Crippen LogP contribution in [0.5, 0.6) is 0 Å². The minimum atomic E-state index is -0.380. The summed E-state index contributed by atoms with van der Waals surface area (Å²) in [5.41, 5.74) is 0.732. The van der Waals surface area contributed by atoms with Crippen LogP contribution in [0.3, 0.4) is 0 Å². The van der Waals surface area contributed by atoms with Crippen molar-refractivity contribution in [3.05, 3.63) is 35.1 Å². The summed E-state index contributed by atoms with van der Waals surface area (Å²) in [4.78, 5) is 0. The highest BCUT2D eigenvalue weighted by molar-refractivity contribution is 5.36. The number of nitrogens with zero attached hydrogens (tertiary/aromatic N) is 1. The molecule has 12 heavy (non-hydrogen) atoms. The molecule has 0 aliphatic heterocycles. The Morgan fingerprint density at radius 3 is 2.58 bits per heavy atom. The zero-order valence-corrected chi connectivity index (χ0v) is 7.13. The van der Waals surface area contributed by atoms with E-state index in [0.29, 0.717) is 5.56 Å². The Morgan fingerprint density at radius 2 is 2.08 bits per heavy atom. The highest BCUT2D eigenvalue weighted by atomic mass is 19.1. The molecule has 1 aromatic rings. The van der Waals surface area contributed by atoms with Crippen molar-refractivity contribution in [1.29, 1.82) is 5.26 Å². The van der Waals surface area contributed by atoms with Gasteiger partial charge in [-0.25, -0.2) is 4.39 Å². The van der Waals surface area contributed by atoms with E-state index >= 15 is 0 Å². The fraction of sp³-hybridized carbons (Fsp3) is 0.300. The van der Waals surface area contributed by atoms with Crippen molar-refractivity contribution in [2.45, 2.75) is 19.8 Å². The van der Waals surface area contributed by atoms with Gasteiger partial charge in [-0.2, -0.15) is 5.26 Å². The third-order valence-electron chi connectivity index (χ3n) is 1.77. The summed E-state index contributed by atoms with van der Waals surface area (Å²) in [6.45, 7) is 3.80. The molecule has 1 rings (SSSR count). The molecular weight excluding hydrogens is 153 g/mol. The van der Waals surface area contributed by atoms with Crippen LogP contribution < -0.4 is 0 Å². The lowest BCUT2D eigenvalue weighted by molar-refractivity contribution is 0.595. The van der Waals surface area contributed by atoms with Crippen molar-refractivity contribution in [2.24, 2.45) is 0 Å². The van der Waals surface area contributed by atoms with E-state index < -0.39 is 0 Å². The first-order valence-corrected chi connectivity index (χ1v) is 3.85. The molecule has 0 fully saturated rings. The topological polar surface area (TPSA) is 23.8 Å². The molecule has 2 heteroatoms. The van der Waals surface area contributed by atoms with Crippen LogP contribution in [0, 0.1) is 17.1 Å². The summed E-state index contributed by atoms with van der Waals surface area (Å²) in [6.07, 6.45) is 0. The lowest BCUT2D eigenvalue weighted by atomic mass is 10.0. The van der Waals surface area contributed by atoms with Gasteiger partial charge in [-0.1, -0.05) is 26.0 Å². The molecule has 0 saturated carbocycles. The molecule has 0 aromatic heterocycles. The van der Waals surface area contributed by atoms with Gasteiger partial charge in [0.15, 0.2) is 0 Å². The Kier molecular flexibility index (Phi) is 2.44. The second-order valence-corrected chi connectivity index (χ2v) is 2.98. The molecule has 0 atom stereocenters.